The zero-order valence-electron chi connectivity index (χ0n) is 31.2. The molecule has 8 unspecified atom stereocenters. The van der Waals surface area contributed by atoms with Gasteiger partial charge in [0.05, 0.1) is 48.8 Å². The summed E-state index contributed by atoms with van der Waals surface area (Å²) in [5.41, 5.74) is 0. The maximum absolute atomic E-state index is 6.98. The van der Waals surface area contributed by atoms with Crippen molar-refractivity contribution in [1.29, 1.82) is 0 Å². The van der Waals surface area contributed by atoms with E-state index in [1.165, 1.54) is 0 Å². The van der Waals surface area contributed by atoms with Crippen LogP contribution in [-0.4, -0.2) is 67.7 Å². The van der Waals surface area contributed by atoms with Gasteiger partial charge < -0.3 is 33.2 Å². The SMILES string of the molecule is CCC1O[C@H](O[C@H]2C(CC)O[C@@H](O[C@@H]3C(CC)O[C@H](C)C(C)[C@@H]3C)C(C)[C@H]2C)C(C)[C@H](C)[C@@H]1O[C@@H]1OC(CC)[C@H](C)[C@H](C)C1C. The molecule has 264 valence electrons. The second kappa shape index (κ2) is 16.0. The Morgan fingerprint density at radius 3 is 1.02 bits per heavy atom. The van der Waals surface area contributed by atoms with E-state index >= 15 is 0 Å². The summed E-state index contributed by atoms with van der Waals surface area (Å²) in [7, 11) is 0. The zero-order chi connectivity index (χ0) is 33.3. The van der Waals surface area contributed by atoms with E-state index in [-0.39, 0.29) is 91.4 Å². The van der Waals surface area contributed by atoms with E-state index < -0.39 is 0 Å². The van der Waals surface area contributed by atoms with Gasteiger partial charge in [0, 0.05) is 17.8 Å². The molecule has 4 fully saturated rings. The van der Waals surface area contributed by atoms with E-state index in [0.717, 1.165) is 25.7 Å². The minimum absolute atomic E-state index is 0.0234. The van der Waals surface area contributed by atoms with Crippen molar-refractivity contribution in [2.24, 2.45) is 53.3 Å². The smallest absolute Gasteiger partial charge is 0.161 e. The molecule has 0 N–H and O–H groups in total. The van der Waals surface area contributed by atoms with Crippen molar-refractivity contribution in [3.8, 4) is 0 Å². The fourth-order valence-corrected chi connectivity index (χ4v) is 8.57. The van der Waals surface area contributed by atoms with Gasteiger partial charge in [0.25, 0.3) is 0 Å². The van der Waals surface area contributed by atoms with E-state index in [4.69, 9.17) is 33.2 Å². The highest BCUT2D eigenvalue weighted by Gasteiger charge is 2.51. The van der Waals surface area contributed by atoms with Gasteiger partial charge in [0.1, 0.15) is 0 Å². The first kappa shape index (κ1) is 37.5. The number of ether oxygens (including phenoxy) is 7. The molecule has 0 spiro atoms. The first-order chi connectivity index (χ1) is 21.3. The van der Waals surface area contributed by atoms with Gasteiger partial charge in [-0.25, -0.2) is 0 Å². The van der Waals surface area contributed by atoms with Crippen molar-refractivity contribution >= 4 is 0 Å². The number of hydrogen-bond donors (Lipinski definition) is 0. The van der Waals surface area contributed by atoms with Crippen molar-refractivity contribution in [3.63, 3.8) is 0 Å². The summed E-state index contributed by atoms with van der Waals surface area (Å²) >= 11 is 0. The summed E-state index contributed by atoms with van der Waals surface area (Å²) in [4.78, 5) is 0. The molecule has 4 aliphatic rings. The Balaban J connectivity index is 1.43. The molecule has 0 amide bonds. The third-order valence-electron chi connectivity index (χ3n) is 13.2. The van der Waals surface area contributed by atoms with E-state index in [1.807, 2.05) is 0 Å². The van der Waals surface area contributed by atoms with Gasteiger partial charge in [-0.15, -0.1) is 0 Å². The second-order valence-corrected chi connectivity index (χ2v) is 15.7. The van der Waals surface area contributed by atoms with Crippen molar-refractivity contribution in [2.45, 2.75) is 190 Å². The molecule has 4 rings (SSSR count). The van der Waals surface area contributed by atoms with Gasteiger partial charge in [-0.2, -0.15) is 0 Å². The summed E-state index contributed by atoms with van der Waals surface area (Å²) < 4.78 is 47.2. The monoisotopic (exact) mass is 639 g/mol. The average molecular weight is 639 g/mol. The third-order valence-corrected chi connectivity index (χ3v) is 13.2. The van der Waals surface area contributed by atoms with Crippen LogP contribution in [0.5, 0.6) is 0 Å². The molecule has 0 aromatic heterocycles. The first-order valence-corrected chi connectivity index (χ1v) is 18.9. The molecule has 7 nitrogen and oxygen atoms in total. The van der Waals surface area contributed by atoms with Crippen molar-refractivity contribution < 1.29 is 33.2 Å². The van der Waals surface area contributed by atoms with Gasteiger partial charge >= 0.3 is 0 Å². The van der Waals surface area contributed by atoms with E-state index in [9.17, 15) is 0 Å². The minimum Gasteiger partial charge on any atom is -0.372 e. The quantitative estimate of drug-likeness (QED) is 0.238. The lowest BCUT2D eigenvalue weighted by atomic mass is 9.78. The summed E-state index contributed by atoms with van der Waals surface area (Å²) in [5, 5.41) is 0. The topological polar surface area (TPSA) is 64.6 Å². The fourth-order valence-electron chi connectivity index (χ4n) is 8.57. The lowest BCUT2D eigenvalue weighted by Crippen LogP contribution is -2.59. The van der Waals surface area contributed by atoms with Gasteiger partial charge in [-0.3, -0.25) is 0 Å². The predicted molar refractivity (Wildman–Crippen MR) is 179 cm³/mol. The largest absolute Gasteiger partial charge is 0.372 e. The van der Waals surface area contributed by atoms with Crippen LogP contribution >= 0.6 is 0 Å². The maximum atomic E-state index is 6.98. The predicted octanol–water partition coefficient (Wildman–Crippen LogP) is 8.47. The molecular formula is C38H70O7. The molecule has 0 aromatic carbocycles. The Bertz CT molecular complexity index is 893. The Morgan fingerprint density at radius 2 is 0.644 bits per heavy atom. The van der Waals surface area contributed by atoms with E-state index in [1.54, 1.807) is 0 Å². The third kappa shape index (κ3) is 7.65. The van der Waals surface area contributed by atoms with Crippen LogP contribution in [0.3, 0.4) is 0 Å². The molecular weight excluding hydrogens is 568 g/mol. The van der Waals surface area contributed by atoms with Crippen LogP contribution in [0, 0.1) is 53.3 Å². The normalized spacial score (nSPS) is 52.9. The molecule has 4 heterocycles. The van der Waals surface area contributed by atoms with Gasteiger partial charge in [0.2, 0.25) is 0 Å². The van der Waals surface area contributed by atoms with Crippen LogP contribution in [0.4, 0.5) is 0 Å². The summed E-state index contributed by atoms with van der Waals surface area (Å²) in [5.74, 6) is 3.09. The van der Waals surface area contributed by atoms with Crippen LogP contribution < -0.4 is 0 Å². The van der Waals surface area contributed by atoms with Crippen LogP contribution in [-0.2, 0) is 33.2 Å². The molecule has 45 heavy (non-hydrogen) atoms. The number of hydrogen-bond acceptors (Lipinski definition) is 7. The minimum atomic E-state index is -0.315. The molecule has 7 heteroatoms. The Labute approximate surface area is 276 Å². The standard InChI is InChI=1S/C38H70O7/c1-15-29-21(7)19(5)25(11)36(40-29)44-34-23(9)27(13)38(42-31(34)17-3)45-35-24(10)26(12)37(41-32(35)18-4)43-33-22(8)20(6)28(14)39-30(33)16-2/h19-38H,15-18H2,1-14H3/t19-,20?,21+,22-,23-,24+,25?,26?,27?,28+,29?,30?,31?,32?,33-,34-,35+,36-,37-,38+/m0/s1. The fraction of sp³-hybridized carbons (Fsp3) is 1.00. The molecule has 0 saturated carbocycles. The van der Waals surface area contributed by atoms with Gasteiger partial charge in [-0.05, 0) is 68.1 Å². The summed E-state index contributed by atoms with van der Waals surface area (Å²) in [6.45, 7) is 31.6. The first-order valence-electron chi connectivity index (χ1n) is 18.9. The second-order valence-electron chi connectivity index (χ2n) is 15.7. The molecule has 0 radical (unpaired) electrons. The lowest BCUT2D eigenvalue weighted by molar-refractivity contribution is -0.355. The van der Waals surface area contributed by atoms with Crippen molar-refractivity contribution in [3.05, 3.63) is 0 Å². The zero-order valence-corrected chi connectivity index (χ0v) is 31.2. The van der Waals surface area contributed by atoms with Crippen LogP contribution in [0.15, 0.2) is 0 Å². The maximum Gasteiger partial charge on any atom is 0.161 e. The highest BCUT2D eigenvalue weighted by molar-refractivity contribution is 4.93. The molecule has 0 aromatic rings. The van der Waals surface area contributed by atoms with E-state index in [2.05, 4.69) is 96.9 Å². The Kier molecular flexibility index (Phi) is 13.3. The van der Waals surface area contributed by atoms with Crippen LogP contribution in [0.2, 0.25) is 0 Å². The average Bonchev–Trinajstić information content (AvgIpc) is 3.03. The van der Waals surface area contributed by atoms with Gasteiger partial charge in [0.15, 0.2) is 18.9 Å². The number of rotatable bonds is 10. The molecule has 0 aliphatic carbocycles. The summed E-state index contributed by atoms with van der Waals surface area (Å²) in [6.07, 6.45) is 3.22. The Hall–Kier alpha value is -0.280. The molecule has 4 aliphatic heterocycles. The van der Waals surface area contributed by atoms with Crippen LogP contribution in [0.25, 0.3) is 0 Å². The lowest BCUT2D eigenvalue weighted by Gasteiger charge is -2.52. The molecule has 0 bridgehead atoms. The van der Waals surface area contributed by atoms with Crippen molar-refractivity contribution in [1.82, 2.24) is 0 Å². The van der Waals surface area contributed by atoms with Gasteiger partial charge in [-0.1, -0.05) is 90.0 Å². The summed E-state index contributed by atoms with van der Waals surface area (Å²) in [6, 6.07) is 0. The Morgan fingerprint density at radius 1 is 0.333 bits per heavy atom. The molecule has 20 atom stereocenters. The van der Waals surface area contributed by atoms with Crippen molar-refractivity contribution in [2.75, 3.05) is 0 Å². The van der Waals surface area contributed by atoms with Crippen LogP contribution in [0.1, 0.15) is 123 Å². The molecule has 4 saturated heterocycles. The van der Waals surface area contributed by atoms with E-state index in [0.29, 0.717) is 29.6 Å². The highest BCUT2D eigenvalue weighted by atomic mass is 16.7. The highest BCUT2D eigenvalue weighted by Crippen LogP contribution is 2.44.